The summed E-state index contributed by atoms with van der Waals surface area (Å²) < 4.78 is 14.4. The van der Waals surface area contributed by atoms with Gasteiger partial charge >= 0.3 is 12.1 Å². The van der Waals surface area contributed by atoms with Gasteiger partial charge in [-0.3, -0.25) is 9.59 Å². The van der Waals surface area contributed by atoms with Gasteiger partial charge in [-0.1, -0.05) is 78.1 Å². The molecular weight excluding hydrogens is 436 g/mol. The quantitative estimate of drug-likeness (QED) is 0.0894. The van der Waals surface area contributed by atoms with Crippen LogP contribution in [-0.4, -0.2) is 58.5 Å². The first-order valence-electron chi connectivity index (χ1n) is 13.3. The summed E-state index contributed by atoms with van der Waals surface area (Å²) >= 11 is 0. The van der Waals surface area contributed by atoms with Crippen molar-refractivity contribution in [3.63, 3.8) is 0 Å². The Morgan fingerprint density at radius 1 is 0.794 bits per heavy atom. The maximum Gasteiger partial charge on any atom is 0.407 e. The SMILES string of the molecule is CCCCCCCCOC(=O)NCCCCC(NC)C(=O)OC.CCCCCCCCOC=O. The van der Waals surface area contributed by atoms with E-state index >= 15 is 0 Å². The molecule has 0 spiro atoms. The molecule has 0 saturated carbocycles. The molecule has 0 aromatic heterocycles. The van der Waals surface area contributed by atoms with Gasteiger partial charge in [0.15, 0.2) is 0 Å². The van der Waals surface area contributed by atoms with Crippen LogP contribution in [0.25, 0.3) is 0 Å². The third-order valence-corrected chi connectivity index (χ3v) is 5.44. The summed E-state index contributed by atoms with van der Waals surface area (Å²) in [6, 6.07) is -0.278. The summed E-state index contributed by atoms with van der Waals surface area (Å²) in [7, 11) is 3.12. The number of amides is 1. The monoisotopic (exact) mass is 488 g/mol. The van der Waals surface area contributed by atoms with Gasteiger partial charge in [-0.2, -0.15) is 0 Å². The number of nitrogens with one attached hydrogen (secondary N) is 2. The highest BCUT2D eigenvalue weighted by molar-refractivity contribution is 5.75. The summed E-state index contributed by atoms with van der Waals surface area (Å²) in [5.41, 5.74) is 0. The largest absolute Gasteiger partial charge is 0.468 e. The highest BCUT2D eigenvalue weighted by Gasteiger charge is 2.15. The maximum atomic E-state index is 11.5. The van der Waals surface area contributed by atoms with Crippen LogP contribution in [0, 0.1) is 0 Å². The molecule has 1 amide bonds. The molecule has 0 radical (unpaired) electrons. The molecule has 0 aliphatic rings. The Kier molecular flexibility index (Phi) is 29.5. The van der Waals surface area contributed by atoms with Crippen molar-refractivity contribution in [3.8, 4) is 0 Å². The molecular formula is C26H52N2O6. The van der Waals surface area contributed by atoms with E-state index in [0.29, 0.717) is 32.7 Å². The number of hydrogen-bond acceptors (Lipinski definition) is 7. The van der Waals surface area contributed by atoms with Gasteiger partial charge in [-0.05, 0) is 39.2 Å². The van der Waals surface area contributed by atoms with Gasteiger partial charge in [0.1, 0.15) is 6.04 Å². The molecule has 0 aliphatic heterocycles. The van der Waals surface area contributed by atoms with E-state index in [2.05, 4.69) is 29.2 Å². The van der Waals surface area contributed by atoms with Crippen molar-refractivity contribution in [1.29, 1.82) is 0 Å². The fraction of sp³-hybridized carbons (Fsp3) is 0.885. The minimum atomic E-state index is -0.350. The van der Waals surface area contributed by atoms with Crippen molar-refractivity contribution in [3.05, 3.63) is 0 Å². The van der Waals surface area contributed by atoms with E-state index in [1.165, 1.54) is 64.9 Å². The van der Waals surface area contributed by atoms with Crippen LogP contribution < -0.4 is 10.6 Å². The highest BCUT2D eigenvalue weighted by Crippen LogP contribution is 2.06. The molecule has 8 heteroatoms. The first kappa shape index (κ1) is 34.3. The summed E-state index contributed by atoms with van der Waals surface area (Å²) in [4.78, 5) is 32.6. The number of esters is 1. The van der Waals surface area contributed by atoms with Gasteiger partial charge in [0, 0.05) is 6.54 Å². The van der Waals surface area contributed by atoms with Crippen LogP contribution in [0.4, 0.5) is 4.79 Å². The predicted molar refractivity (Wildman–Crippen MR) is 137 cm³/mol. The van der Waals surface area contributed by atoms with E-state index in [9.17, 15) is 14.4 Å². The number of rotatable bonds is 22. The molecule has 34 heavy (non-hydrogen) atoms. The number of carbonyl (C=O) groups excluding carboxylic acids is 3. The number of methoxy groups -OCH3 is 1. The van der Waals surface area contributed by atoms with Crippen molar-refractivity contribution in [2.45, 2.75) is 116 Å². The van der Waals surface area contributed by atoms with Crippen LogP contribution >= 0.6 is 0 Å². The van der Waals surface area contributed by atoms with Crippen LogP contribution in [0.3, 0.4) is 0 Å². The summed E-state index contributed by atoms with van der Waals surface area (Å²) in [6.07, 6.45) is 16.4. The lowest BCUT2D eigenvalue weighted by molar-refractivity contribution is -0.143. The fourth-order valence-corrected chi connectivity index (χ4v) is 3.30. The fourth-order valence-electron chi connectivity index (χ4n) is 3.30. The molecule has 0 rings (SSSR count). The topological polar surface area (TPSA) is 103 Å². The number of alkyl carbamates (subject to hydrolysis) is 1. The maximum absolute atomic E-state index is 11.5. The van der Waals surface area contributed by atoms with Crippen molar-refractivity contribution >= 4 is 18.5 Å². The lowest BCUT2D eigenvalue weighted by Crippen LogP contribution is -2.35. The Hall–Kier alpha value is -1.83. The first-order valence-corrected chi connectivity index (χ1v) is 13.3. The Labute approximate surface area is 208 Å². The van der Waals surface area contributed by atoms with Gasteiger partial charge in [-0.25, -0.2) is 4.79 Å². The van der Waals surface area contributed by atoms with E-state index in [1.54, 1.807) is 7.05 Å². The number of likely N-dealkylation sites (N-methyl/N-ethyl adjacent to an activating group) is 1. The van der Waals surface area contributed by atoms with Gasteiger partial charge in [0.05, 0.1) is 20.3 Å². The molecule has 2 N–H and O–H groups in total. The zero-order valence-electron chi connectivity index (χ0n) is 22.3. The number of ether oxygens (including phenoxy) is 3. The third-order valence-electron chi connectivity index (χ3n) is 5.44. The predicted octanol–water partition coefficient (Wildman–Crippen LogP) is 5.52. The molecule has 8 nitrogen and oxygen atoms in total. The zero-order chi connectivity index (χ0) is 25.7. The van der Waals surface area contributed by atoms with E-state index in [0.717, 1.165) is 32.1 Å². The molecule has 0 aliphatic carbocycles. The Morgan fingerprint density at radius 2 is 1.35 bits per heavy atom. The summed E-state index contributed by atoms with van der Waals surface area (Å²) in [5.74, 6) is -0.251. The number of hydrogen-bond donors (Lipinski definition) is 2. The Bertz CT molecular complexity index is 463. The number of carbonyl (C=O) groups is 3. The minimum Gasteiger partial charge on any atom is -0.468 e. The minimum absolute atomic E-state index is 0.251. The molecule has 0 bridgehead atoms. The summed E-state index contributed by atoms with van der Waals surface area (Å²) in [5, 5.41) is 5.65. The lowest BCUT2D eigenvalue weighted by atomic mass is 10.1. The lowest BCUT2D eigenvalue weighted by Gasteiger charge is -2.13. The zero-order valence-corrected chi connectivity index (χ0v) is 22.3. The average molecular weight is 489 g/mol. The number of unbranched alkanes of at least 4 members (excludes halogenated alkanes) is 11. The normalized spacial score (nSPS) is 11.1. The molecule has 0 fully saturated rings. The smallest absolute Gasteiger partial charge is 0.407 e. The second-order valence-corrected chi connectivity index (χ2v) is 8.43. The van der Waals surface area contributed by atoms with Crippen molar-refractivity contribution < 1.29 is 28.6 Å². The molecule has 0 heterocycles. The van der Waals surface area contributed by atoms with Gasteiger partial charge in [0.25, 0.3) is 6.47 Å². The molecule has 202 valence electrons. The molecule has 0 aromatic carbocycles. The standard InChI is InChI=1S/C17H34N2O4.C9H18O2/c1-4-5-6-7-8-11-14-23-17(21)19-13-10-9-12-15(18-2)16(20)22-3;1-2-3-4-5-6-7-8-11-9-10/h15,18H,4-14H2,1-3H3,(H,19,21);9H,2-8H2,1H3. The van der Waals surface area contributed by atoms with Crippen LogP contribution in [-0.2, 0) is 23.8 Å². The van der Waals surface area contributed by atoms with E-state index in [4.69, 9.17) is 9.47 Å². The van der Waals surface area contributed by atoms with Crippen LogP contribution in [0.2, 0.25) is 0 Å². The Balaban J connectivity index is 0. The molecule has 1 unspecified atom stereocenters. The second-order valence-electron chi connectivity index (χ2n) is 8.43. The molecule has 0 saturated heterocycles. The van der Waals surface area contributed by atoms with E-state index in [1.807, 2.05) is 0 Å². The van der Waals surface area contributed by atoms with Crippen LogP contribution in [0.15, 0.2) is 0 Å². The van der Waals surface area contributed by atoms with Gasteiger partial charge in [-0.15, -0.1) is 0 Å². The van der Waals surface area contributed by atoms with E-state index < -0.39 is 0 Å². The molecule has 1 atom stereocenters. The second kappa shape index (κ2) is 29.2. The van der Waals surface area contributed by atoms with Crippen LogP contribution in [0.1, 0.15) is 110 Å². The average Bonchev–Trinajstić information content (AvgIpc) is 2.85. The van der Waals surface area contributed by atoms with Crippen molar-refractivity contribution in [2.75, 3.05) is 33.9 Å². The first-order chi connectivity index (χ1) is 16.6. The van der Waals surface area contributed by atoms with Gasteiger partial charge < -0.3 is 24.8 Å². The van der Waals surface area contributed by atoms with Crippen molar-refractivity contribution in [1.82, 2.24) is 10.6 Å². The summed E-state index contributed by atoms with van der Waals surface area (Å²) in [6.45, 7) is 6.56. The highest BCUT2D eigenvalue weighted by atomic mass is 16.5. The molecule has 0 aromatic rings. The van der Waals surface area contributed by atoms with E-state index in [-0.39, 0.29) is 18.1 Å². The van der Waals surface area contributed by atoms with Gasteiger partial charge in [0.2, 0.25) is 0 Å². The Morgan fingerprint density at radius 3 is 1.88 bits per heavy atom. The van der Waals surface area contributed by atoms with Crippen molar-refractivity contribution in [2.24, 2.45) is 0 Å². The van der Waals surface area contributed by atoms with Crippen LogP contribution in [0.5, 0.6) is 0 Å². The third kappa shape index (κ3) is 26.4.